The molecule has 1 heterocycles. The highest BCUT2D eigenvalue weighted by Gasteiger charge is 2.44. The molecule has 0 bridgehead atoms. The van der Waals surface area contributed by atoms with Crippen molar-refractivity contribution in [2.75, 3.05) is 6.54 Å². The molecule has 224 valence electrons. The zero-order chi connectivity index (χ0) is 30.6. The Morgan fingerprint density at radius 2 is 1.45 bits per heavy atom. The summed E-state index contributed by atoms with van der Waals surface area (Å²) in [5.41, 5.74) is 0.671. The van der Waals surface area contributed by atoms with Crippen LogP contribution in [0, 0.1) is 23.2 Å². The van der Waals surface area contributed by atoms with Gasteiger partial charge in [0, 0.05) is 12.6 Å². The number of carbonyl (C=O) groups excluding carboxylic acids is 5. The van der Waals surface area contributed by atoms with E-state index in [0.29, 0.717) is 0 Å². The molecule has 2 N–H and O–H groups in total. The van der Waals surface area contributed by atoms with Crippen LogP contribution in [0.5, 0.6) is 0 Å². The Kier molecular flexibility index (Phi) is 9.49. The molecule has 9 nitrogen and oxygen atoms in total. The number of hydrogen-bond acceptors (Lipinski definition) is 6. The molecule has 4 amide bonds. The maximum atomic E-state index is 14.0. The predicted octanol–water partition coefficient (Wildman–Crippen LogP) is 4.11. The van der Waals surface area contributed by atoms with Gasteiger partial charge in [-0.1, -0.05) is 77.1 Å². The Hall–Kier alpha value is -4.01. The maximum Gasteiger partial charge on any atom is 0.311 e. The fourth-order valence-corrected chi connectivity index (χ4v) is 5.20. The molecule has 42 heavy (non-hydrogen) atoms. The highest BCUT2D eigenvalue weighted by Crippen LogP contribution is 2.30. The van der Waals surface area contributed by atoms with E-state index in [0.717, 1.165) is 23.3 Å². The lowest BCUT2D eigenvalue weighted by Crippen LogP contribution is -2.56. The van der Waals surface area contributed by atoms with Gasteiger partial charge in [-0.25, -0.2) is 0 Å². The Bertz CT molecular complexity index is 1290. The van der Waals surface area contributed by atoms with Gasteiger partial charge in [0.2, 0.25) is 11.8 Å². The first-order valence-electron chi connectivity index (χ1n) is 14.6. The number of hydrogen-bond donors (Lipinski definition) is 2. The molecule has 1 aliphatic carbocycles. The van der Waals surface area contributed by atoms with Crippen LogP contribution in [-0.2, 0) is 25.7 Å². The van der Waals surface area contributed by atoms with Crippen LogP contribution in [0.1, 0.15) is 80.2 Å². The van der Waals surface area contributed by atoms with E-state index in [9.17, 15) is 24.0 Å². The minimum atomic E-state index is -1.15. The SMILES string of the molecule is CC(C)CC(C(=O)NC(C(=O)NC1CC1)C(C)(C)C)C(CN1C(=O)c2ccccc2C1=O)C(=O)OCc1ccccc1. The summed E-state index contributed by atoms with van der Waals surface area (Å²) in [6, 6.07) is 14.9. The zero-order valence-corrected chi connectivity index (χ0v) is 25.0. The number of benzene rings is 2. The molecule has 9 heteroatoms. The van der Waals surface area contributed by atoms with E-state index < -0.39 is 47.0 Å². The summed E-state index contributed by atoms with van der Waals surface area (Å²) in [6.07, 6.45) is 2.09. The third-order valence-corrected chi connectivity index (χ3v) is 7.67. The van der Waals surface area contributed by atoms with Crippen LogP contribution < -0.4 is 10.6 Å². The Morgan fingerprint density at radius 1 is 0.881 bits per heavy atom. The number of imide groups is 1. The summed E-state index contributed by atoms with van der Waals surface area (Å²) < 4.78 is 5.69. The molecule has 0 radical (unpaired) electrons. The van der Waals surface area contributed by atoms with Crippen LogP contribution in [-0.4, -0.2) is 53.1 Å². The van der Waals surface area contributed by atoms with Crippen molar-refractivity contribution in [3.8, 4) is 0 Å². The first kappa shape index (κ1) is 30.9. The van der Waals surface area contributed by atoms with Crippen molar-refractivity contribution >= 4 is 29.6 Å². The van der Waals surface area contributed by atoms with Crippen LogP contribution in [0.2, 0.25) is 0 Å². The van der Waals surface area contributed by atoms with Crippen LogP contribution in [0.25, 0.3) is 0 Å². The van der Waals surface area contributed by atoms with Crippen molar-refractivity contribution in [3.05, 3.63) is 71.3 Å². The normalized spacial score (nSPS) is 17.0. The molecule has 4 rings (SSSR count). The predicted molar refractivity (Wildman–Crippen MR) is 157 cm³/mol. The molecule has 0 aromatic heterocycles. The van der Waals surface area contributed by atoms with Gasteiger partial charge in [0.05, 0.1) is 23.0 Å². The van der Waals surface area contributed by atoms with E-state index in [1.54, 1.807) is 24.3 Å². The van der Waals surface area contributed by atoms with Gasteiger partial charge in [0.1, 0.15) is 12.6 Å². The fourth-order valence-electron chi connectivity index (χ4n) is 5.20. The summed E-state index contributed by atoms with van der Waals surface area (Å²) in [6.45, 7) is 9.11. The van der Waals surface area contributed by atoms with Crippen molar-refractivity contribution in [2.24, 2.45) is 23.2 Å². The third-order valence-electron chi connectivity index (χ3n) is 7.67. The first-order chi connectivity index (χ1) is 19.9. The Morgan fingerprint density at radius 3 is 1.98 bits per heavy atom. The van der Waals surface area contributed by atoms with E-state index in [4.69, 9.17) is 4.74 Å². The monoisotopic (exact) mass is 575 g/mol. The minimum Gasteiger partial charge on any atom is -0.461 e. The lowest BCUT2D eigenvalue weighted by Gasteiger charge is -2.34. The van der Waals surface area contributed by atoms with E-state index in [1.165, 1.54) is 0 Å². The highest BCUT2D eigenvalue weighted by molar-refractivity contribution is 6.21. The van der Waals surface area contributed by atoms with Gasteiger partial charge in [-0.05, 0) is 48.3 Å². The molecule has 2 aromatic carbocycles. The van der Waals surface area contributed by atoms with Crippen molar-refractivity contribution in [2.45, 2.75) is 72.6 Å². The standard InChI is InChI=1S/C33H41N3O6/c1-20(2)17-25(28(37)35-27(33(3,4)5)29(38)34-22-15-16-22)26(32(41)42-19-21-11-7-6-8-12-21)18-36-30(39)23-13-9-10-14-24(23)31(36)40/h6-14,20,22,25-27H,15-19H2,1-5H3,(H,34,38)(H,35,37). The van der Waals surface area contributed by atoms with E-state index in [1.807, 2.05) is 65.0 Å². The van der Waals surface area contributed by atoms with Gasteiger partial charge in [0.15, 0.2) is 0 Å². The lowest BCUT2D eigenvalue weighted by atomic mass is 9.81. The van der Waals surface area contributed by atoms with Gasteiger partial charge in [-0.2, -0.15) is 0 Å². The number of carbonyl (C=O) groups is 5. The van der Waals surface area contributed by atoms with Crippen LogP contribution in [0.4, 0.5) is 0 Å². The molecular formula is C33H41N3O6. The number of nitrogens with zero attached hydrogens (tertiary/aromatic N) is 1. The number of ether oxygens (including phenoxy) is 1. The zero-order valence-electron chi connectivity index (χ0n) is 25.0. The number of amides is 4. The van der Waals surface area contributed by atoms with Gasteiger partial charge in [-0.15, -0.1) is 0 Å². The summed E-state index contributed by atoms with van der Waals surface area (Å²) >= 11 is 0. The quantitative estimate of drug-likeness (QED) is 0.290. The number of nitrogens with one attached hydrogen (secondary N) is 2. The maximum absolute atomic E-state index is 14.0. The van der Waals surface area contributed by atoms with Gasteiger partial charge >= 0.3 is 5.97 Å². The second kappa shape index (κ2) is 12.9. The summed E-state index contributed by atoms with van der Waals surface area (Å²) in [5, 5.41) is 5.90. The molecule has 2 aromatic rings. The largest absolute Gasteiger partial charge is 0.461 e. The number of rotatable bonds is 12. The Labute approximate surface area is 247 Å². The van der Waals surface area contributed by atoms with Crippen molar-refractivity contribution in [1.82, 2.24) is 15.5 Å². The average molecular weight is 576 g/mol. The average Bonchev–Trinajstić information content (AvgIpc) is 3.73. The fraction of sp³-hybridized carbons (Fsp3) is 0.485. The second-order valence-electron chi connectivity index (χ2n) is 12.8. The highest BCUT2D eigenvalue weighted by atomic mass is 16.5. The molecule has 1 aliphatic heterocycles. The summed E-state index contributed by atoms with van der Waals surface area (Å²) in [4.78, 5) is 68.5. The number of esters is 1. The van der Waals surface area contributed by atoms with Crippen molar-refractivity contribution in [1.29, 1.82) is 0 Å². The minimum absolute atomic E-state index is 0.0132. The van der Waals surface area contributed by atoms with Gasteiger partial charge < -0.3 is 15.4 Å². The third kappa shape index (κ3) is 7.43. The van der Waals surface area contributed by atoms with Crippen LogP contribution in [0.15, 0.2) is 54.6 Å². The van der Waals surface area contributed by atoms with Gasteiger partial charge in [0.25, 0.3) is 11.8 Å². The lowest BCUT2D eigenvalue weighted by molar-refractivity contribution is -0.155. The van der Waals surface area contributed by atoms with Crippen LogP contribution >= 0.6 is 0 Å². The molecule has 2 aliphatic rings. The van der Waals surface area contributed by atoms with Gasteiger partial charge in [-0.3, -0.25) is 28.9 Å². The smallest absolute Gasteiger partial charge is 0.311 e. The van der Waals surface area contributed by atoms with E-state index in [2.05, 4.69) is 10.6 Å². The summed E-state index contributed by atoms with van der Waals surface area (Å²) in [7, 11) is 0. The van der Waals surface area contributed by atoms with Crippen LogP contribution in [0.3, 0.4) is 0 Å². The second-order valence-corrected chi connectivity index (χ2v) is 12.8. The Balaban J connectivity index is 1.64. The van der Waals surface area contributed by atoms with Crippen molar-refractivity contribution < 1.29 is 28.7 Å². The number of fused-ring (bicyclic) bond motifs is 1. The molecule has 3 unspecified atom stereocenters. The molecule has 0 spiro atoms. The van der Waals surface area contributed by atoms with E-state index in [-0.39, 0.29) is 48.6 Å². The van der Waals surface area contributed by atoms with E-state index >= 15 is 0 Å². The summed E-state index contributed by atoms with van der Waals surface area (Å²) in [5.74, 6) is -4.61. The molecule has 1 fully saturated rings. The van der Waals surface area contributed by atoms with Crippen molar-refractivity contribution in [3.63, 3.8) is 0 Å². The topological polar surface area (TPSA) is 122 Å². The molecular weight excluding hydrogens is 534 g/mol. The molecule has 3 atom stereocenters. The first-order valence-corrected chi connectivity index (χ1v) is 14.6. The molecule has 1 saturated carbocycles. The molecule has 0 saturated heterocycles.